The molecule has 0 aliphatic rings. The van der Waals surface area contributed by atoms with Gasteiger partial charge >= 0.3 is 11.7 Å². The molecule has 6 nitrogen and oxygen atoms in total. The molecular formula is C9H16N4O2. The van der Waals surface area contributed by atoms with Crippen molar-refractivity contribution in [1.29, 1.82) is 0 Å². The number of amides is 1. The third kappa shape index (κ3) is 2.26. The van der Waals surface area contributed by atoms with Crippen LogP contribution < -0.4 is 5.69 Å². The van der Waals surface area contributed by atoms with E-state index in [9.17, 15) is 9.59 Å². The monoisotopic (exact) mass is 212 g/mol. The Kier molecular flexibility index (Phi) is 2.70. The van der Waals surface area contributed by atoms with Gasteiger partial charge in [-0.3, -0.25) is 4.98 Å². The van der Waals surface area contributed by atoms with E-state index in [0.717, 1.165) is 4.68 Å². The molecule has 0 saturated heterocycles. The smallest absolute Gasteiger partial charge is 0.329 e. The van der Waals surface area contributed by atoms with E-state index in [4.69, 9.17) is 0 Å². The lowest BCUT2D eigenvalue weighted by molar-refractivity contribution is 0.214. The topological polar surface area (TPSA) is 71.0 Å². The van der Waals surface area contributed by atoms with Crippen LogP contribution in [0.1, 0.15) is 26.6 Å². The van der Waals surface area contributed by atoms with Crippen molar-refractivity contribution >= 4 is 6.03 Å². The van der Waals surface area contributed by atoms with Crippen molar-refractivity contribution in [2.45, 2.75) is 26.2 Å². The van der Waals surface area contributed by atoms with Gasteiger partial charge in [0, 0.05) is 19.5 Å². The molecule has 84 valence electrons. The van der Waals surface area contributed by atoms with Crippen molar-refractivity contribution in [3.63, 3.8) is 0 Å². The molecule has 0 fully saturated rings. The second kappa shape index (κ2) is 3.52. The third-order valence-corrected chi connectivity index (χ3v) is 1.89. The number of H-pyrrole nitrogens is 1. The summed E-state index contributed by atoms with van der Waals surface area (Å²) in [6, 6.07) is -0.452. The van der Waals surface area contributed by atoms with Gasteiger partial charge in [-0.1, -0.05) is 20.8 Å². The highest BCUT2D eigenvalue weighted by atomic mass is 16.2. The summed E-state index contributed by atoms with van der Waals surface area (Å²) in [6.45, 7) is 5.74. The molecule has 0 aliphatic heterocycles. The summed E-state index contributed by atoms with van der Waals surface area (Å²) in [5.41, 5.74) is -0.782. The summed E-state index contributed by atoms with van der Waals surface area (Å²) in [5, 5.41) is 3.96. The van der Waals surface area contributed by atoms with Crippen LogP contribution in [0.2, 0.25) is 0 Å². The number of nitrogens with one attached hydrogen (secondary N) is 1. The zero-order chi connectivity index (χ0) is 11.8. The van der Waals surface area contributed by atoms with E-state index in [-0.39, 0.29) is 5.41 Å². The van der Waals surface area contributed by atoms with Gasteiger partial charge in [-0.25, -0.2) is 9.59 Å². The fraction of sp³-hybridized carbons (Fsp3) is 0.667. The molecule has 1 rings (SSSR count). The maximum Gasteiger partial charge on any atom is 0.352 e. The molecule has 0 aromatic carbocycles. The Labute approximate surface area is 87.9 Å². The lowest BCUT2D eigenvalue weighted by Gasteiger charge is -2.13. The number of hydrogen-bond acceptors (Lipinski definition) is 3. The van der Waals surface area contributed by atoms with Gasteiger partial charge in [0.2, 0.25) is 0 Å². The minimum absolute atomic E-state index is 0.281. The number of rotatable bonds is 0. The second-order valence-corrected chi connectivity index (χ2v) is 4.62. The Morgan fingerprint density at radius 3 is 2.27 bits per heavy atom. The molecule has 0 saturated carbocycles. The maximum atomic E-state index is 11.5. The molecule has 0 bridgehead atoms. The largest absolute Gasteiger partial charge is 0.352 e. The van der Waals surface area contributed by atoms with Gasteiger partial charge in [0.25, 0.3) is 0 Å². The quantitative estimate of drug-likeness (QED) is 0.676. The van der Waals surface area contributed by atoms with Crippen molar-refractivity contribution < 1.29 is 4.79 Å². The first-order valence-corrected chi connectivity index (χ1v) is 4.65. The van der Waals surface area contributed by atoms with Crippen LogP contribution in [0.3, 0.4) is 0 Å². The van der Waals surface area contributed by atoms with E-state index in [0.29, 0.717) is 5.82 Å². The summed E-state index contributed by atoms with van der Waals surface area (Å²) in [7, 11) is 3.14. The summed E-state index contributed by atoms with van der Waals surface area (Å²) >= 11 is 0. The molecule has 0 unspecified atom stereocenters. The molecule has 1 N–H and O–H groups in total. The second-order valence-electron chi connectivity index (χ2n) is 4.62. The number of aromatic nitrogens is 3. The first kappa shape index (κ1) is 11.5. The predicted molar refractivity (Wildman–Crippen MR) is 56.0 cm³/mol. The molecule has 0 aliphatic carbocycles. The van der Waals surface area contributed by atoms with Gasteiger partial charge in [0.05, 0.1) is 0 Å². The van der Waals surface area contributed by atoms with Crippen LogP contribution in [0, 0.1) is 0 Å². The summed E-state index contributed by atoms with van der Waals surface area (Å²) in [5.74, 6) is 0.503. The summed E-state index contributed by atoms with van der Waals surface area (Å²) < 4.78 is 0.834. The average molecular weight is 212 g/mol. The normalized spacial score (nSPS) is 11.5. The van der Waals surface area contributed by atoms with Crippen molar-refractivity contribution in [2.24, 2.45) is 0 Å². The van der Waals surface area contributed by atoms with E-state index in [1.807, 2.05) is 20.8 Å². The molecule has 0 atom stereocenters. The van der Waals surface area contributed by atoms with Crippen LogP contribution in [0.25, 0.3) is 0 Å². The fourth-order valence-electron chi connectivity index (χ4n) is 0.981. The van der Waals surface area contributed by atoms with Crippen LogP contribution in [0.4, 0.5) is 4.79 Å². The van der Waals surface area contributed by atoms with Crippen LogP contribution in [-0.2, 0) is 5.41 Å². The zero-order valence-corrected chi connectivity index (χ0v) is 9.66. The summed E-state index contributed by atoms with van der Waals surface area (Å²) in [4.78, 5) is 26.8. The predicted octanol–water partition coefficient (Wildman–Crippen LogP) is 0.399. The Bertz CT molecular complexity index is 422. The van der Waals surface area contributed by atoms with Gasteiger partial charge in [0.1, 0.15) is 5.82 Å². The Balaban J connectivity index is 3.19. The molecule has 1 amide bonds. The molecule has 0 radical (unpaired) electrons. The molecule has 0 spiro atoms. The molecule has 1 aromatic heterocycles. The van der Waals surface area contributed by atoms with Gasteiger partial charge < -0.3 is 4.90 Å². The minimum atomic E-state index is -0.501. The summed E-state index contributed by atoms with van der Waals surface area (Å²) in [6.07, 6.45) is 0. The number of nitrogens with zero attached hydrogens (tertiary/aromatic N) is 3. The van der Waals surface area contributed by atoms with Crippen LogP contribution in [0.15, 0.2) is 4.79 Å². The van der Waals surface area contributed by atoms with Crippen LogP contribution in [-0.4, -0.2) is 39.8 Å². The third-order valence-electron chi connectivity index (χ3n) is 1.89. The molecule has 15 heavy (non-hydrogen) atoms. The number of carbonyl (C=O) groups excluding carboxylic acids is 1. The van der Waals surface area contributed by atoms with Crippen LogP contribution in [0.5, 0.6) is 0 Å². The molecule has 6 heteroatoms. The number of carbonyl (C=O) groups is 1. The Hall–Kier alpha value is -1.59. The molecule has 1 aromatic rings. The van der Waals surface area contributed by atoms with E-state index in [1.165, 1.54) is 4.90 Å². The first-order chi connectivity index (χ1) is 6.73. The first-order valence-electron chi connectivity index (χ1n) is 4.65. The van der Waals surface area contributed by atoms with E-state index < -0.39 is 11.7 Å². The van der Waals surface area contributed by atoms with Crippen molar-refractivity contribution in [2.75, 3.05) is 14.1 Å². The van der Waals surface area contributed by atoms with Crippen molar-refractivity contribution in [3.05, 3.63) is 16.3 Å². The van der Waals surface area contributed by atoms with Crippen LogP contribution >= 0.6 is 0 Å². The van der Waals surface area contributed by atoms with E-state index in [2.05, 4.69) is 10.1 Å². The average Bonchev–Trinajstić information content (AvgIpc) is 2.45. The lowest BCUT2D eigenvalue weighted by Crippen LogP contribution is -2.35. The zero-order valence-electron chi connectivity index (χ0n) is 9.66. The number of aromatic amines is 1. The number of hydrogen-bond donors (Lipinski definition) is 1. The fourth-order valence-corrected chi connectivity index (χ4v) is 0.981. The molecular weight excluding hydrogens is 196 g/mol. The van der Waals surface area contributed by atoms with Crippen molar-refractivity contribution in [1.82, 2.24) is 19.7 Å². The van der Waals surface area contributed by atoms with E-state index >= 15 is 0 Å². The maximum absolute atomic E-state index is 11.5. The van der Waals surface area contributed by atoms with E-state index in [1.54, 1.807) is 14.1 Å². The Morgan fingerprint density at radius 2 is 1.93 bits per heavy atom. The highest BCUT2D eigenvalue weighted by Gasteiger charge is 2.22. The Morgan fingerprint density at radius 1 is 1.40 bits per heavy atom. The highest BCUT2D eigenvalue weighted by molar-refractivity contribution is 5.74. The van der Waals surface area contributed by atoms with Gasteiger partial charge in [-0.15, -0.1) is 9.78 Å². The SMILES string of the molecule is CN(C)C(=O)n1nc(C(C)(C)C)[nH]c1=O. The minimum Gasteiger partial charge on any atom is -0.329 e. The van der Waals surface area contributed by atoms with Gasteiger partial charge in [-0.2, -0.15) is 0 Å². The van der Waals surface area contributed by atoms with Crippen molar-refractivity contribution in [3.8, 4) is 0 Å². The van der Waals surface area contributed by atoms with Gasteiger partial charge in [0.15, 0.2) is 0 Å². The standard InChI is InChI=1S/C9H16N4O2/c1-9(2,3)6-10-7(14)13(11-6)8(15)12(4)5/h1-5H3,(H,10,11,14). The highest BCUT2D eigenvalue weighted by Crippen LogP contribution is 2.15. The lowest BCUT2D eigenvalue weighted by atomic mass is 9.96. The molecule has 1 heterocycles. The van der Waals surface area contributed by atoms with Gasteiger partial charge in [-0.05, 0) is 0 Å².